The lowest BCUT2D eigenvalue weighted by atomic mass is 9.87. The van der Waals surface area contributed by atoms with Crippen LogP contribution in [0.15, 0.2) is 53.8 Å². The van der Waals surface area contributed by atoms with Gasteiger partial charge in [-0.2, -0.15) is 10.1 Å². The summed E-state index contributed by atoms with van der Waals surface area (Å²) in [4.78, 5) is 41.8. The number of hydrogen-bond donors (Lipinski definition) is 3. The molecule has 12 heteroatoms. The van der Waals surface area contributed by atoms with E-state index in [0.29, 0.717) is 39.6 Å². The molecule has 0 bridgehead atoms. The van der Waals surface area contributed by atoms with Crippen LogP contribution in [0.2, 0.25) is 0 Å². The molecule has 0 radical (unpaired) electrons. The number of hydrogen-bond acceptors (Lipinski definition) is 8. The Morgan fingerprint density at radius 2 is 2.00 bits per heavy atom. The summed E-state index contributed by atoms with van der Waals surface area (Å²) in [5, 5.41) is 14.3. The second kappa shape index (κ2) is 9.61. The minimum absolute atomic E-state index is 0.0527. The van der Waals surface area contributed by atoms with Crippen LogP contribution in [-0.4, -0.2) is 54.6 Å². The Labute approximate surface area is 215 Å². The predicted molar refractivity (Wildman–Crippen MR) is 138 cm³/mol. The molecule has 2 amide bonds. The van der Waals surface area contributed by atoms with E-state index in [4.69, 9.17) is 4.98 Å². The summed E-state index contributed by atoms with van der Waals surface area (Å²) in [6.07, 6.45) is 8.34. The van der Waals surface area contributed by atoms with E-state index in [0.717, 1.165) is 18.2 Å². The zero-order valence-corrected chi connectivity index (χ0v) is 21.3. The first kappa shape index (κ1) is 23.8. The van der Waals surface area contributed by atoms with Crippen molar-refractivity contribution in [3.63, 3.8) is 0 Å². The number of nitrogens with one attached hydrogen (secondary N) is 3. The van der Waals surface area contributed by atoms with Gasteiger partial charge in [0.2, 0.25) is 11.9 Å². The minimum atomic E-state index is -0.405. The van der Waals surface area contributed by atoms with Crippen LogP contribution in [-0.2, 0) is 4.79 Å². The van der Waals surface area contributed by atoms with E-state index in [1.54, 1.807) is 24.0 Å². The number of rotatable bonds is 6. The third-order valence-corrected chi connectivity index (χ3v) is 6.99. The highest BCUT2D eigenvalue weighted by Crippen LogP contribution is 2.39. The van der Waals surface area contributed by atoms with Gasteiger partial charge in [-0.1, -0.05) is 13.0 Å². The van der Waals surface area contributed by atoms with Crippen LogP contribution in [0.3, 0.4) is 0 Å². The molecule has 1 fully saturated rings. The summed E-state index contributed by atoms with van der Waals surface area (Å²) in [5.41, 5.74) is 1.86. The lowest BCUT2D eigenvalue weighted by Crippen LogP contribution is -2.35. The number of nitrogens with zero attached hydrogens (tertiary/aromatic N) is 6. The molecule has 0 saturated heterocycles. The Hall–Kier alpha value is -3.93. The lowest BCUT2D eigenvalue weighted by molar-refractivity contribution is -0.129. The highest BCUT2D eigenvalue weighted by atomic mass is 79.9. The average molecular weight is 550 g/mol. The van der Waals surface area contributed by atoms with E-state index in [1.807, 2.05) is 25.1 Å². The Morgan fingerprint density at radius 1 is 1.19 bits per heavy atom. The molecule has 3 aromatic heterocycles. The number of amides is 2. The molecule has 2 atom stereocenters. The molecular weight excluding hydrogens is 526 g/mol. The first-order valence-corrected chi connectivity index (χ1v) is 12.2. The summed E-state index contributed by atoms with van der Waals surface area (Å²) in [5.74, 6) is 0.209. The normalized spacial score (nSPS) is 19.2. The van der Waals surface area contributed by atoms with Gasteiger partial charge in [0.1, 0.15) is 10.9 Å². The maximum Gasteiger partial charge on any atom is 0.258 e. The van der Waals surface area contributed by atoms with Gasteiger partial charge in [0, 0.05) is 42.8 Å². The largest absolute Gasteiger partial charge is 0.359 e. The zero-order valence-electron chi connectivity index (χ0n) is 19.7. The number of halogens is 1. The van der Waals surface area contributed by atoms with Crippen molar-refractivity contribution in [2.24, 2.45) is 5.41 Å². The van der Waals surface area contributed by atoms with Crippen LogP contribution in [0, 0.1) is 5.41 Å². The highest BCUT2D eigenvalue weighted by molar-refractivity contribution is 9.10. The number of carbonyl (C=O) groups is 2. The topological polar surface area (TPSA) is 140 Å². The maximum absolute atomic E-state index is 12.5. The first-order chi connectivity index (χ1) is 17.4. The molecule has 11 nitrogen and oxygen atoms in total. The number of aromatic nitrogens is 6. The Bertz CT molecular complexity index is 1440. The van der Waals surface area contributed by atoms with Crippen molar-refractivity contribution in [3.8, 4) is 5.69 Å². The minimum Gasteiger partial charge on any atom is -0.359 e. The second-order valence-electron chi connectivity index (χ2n) is 8.99. The highest BCUT2D eigenvalue weighted by Gasteiger charge is 2.41. The van der Waals surface area contributed by atoms with Crippen molar-refractivity contribution >= 4 is 50.4 Å². The second-order valence-corrected chi connectivity index (χ2v) is 9.74. The van der Waals surface area contributed by atoms with Crippen LogP contribution < -0.4 is 16.0 Å². The van der Waals surface area contributed by atoms with Crippen LogP contribution in [0.4, 0.5) is 11.6 Å². The average Bonchev–Trinajstić information content (AvgIpc) is 3.44. The van der Waals surface area contributed by atoms with Crippen LogP contribution in [0.5, 0.6) is 0 Å². The van der Waals surface area contributed by atoms with Gasteiger partial charge in [-0.05, 0) is 53.4 Å². The quantitative estimate of drug-likeness (QED) is 0.332. The molecule has 0 unspecified atom stereocenters. The van der Waals surface area contributed by atoms with Gasteiger partial charge < -0.3 is 16.0 Å². The van der Waals surface area contributed by atoms with Crippen LogP contribution in [0.25, 0.3) is 16.7 Å². The molecule has 3 heterocycles. The van der Waals surface area contributed by atoms with E-state index >= 15 is 0 Å². The van der Waals surface area contributed by atoms with Gasteiger partial charge in [0.15, 0.2) is 5.65 Å². The SMILES string of the molecule is CNC(=O)[C@]1(C)CC[C@@H](Nc2ncc3c(Br)nn(-c4cccc(NC(=O)c5cncnc5)c4)c3n2)C1. The molecule has 184 valence electrons. The molecule has 4 aromatic rings. The smallest absolute Gasteiger partial charge is 0.258 e. The molecule has 36 heavy (non-hydrogen) atoms. The van der Waals surface area contributed by atoms with Gasteiger partial charge >= 0.3 is 0 Å². The zero-order chi connectivity index (χ0) is 25.3. The van der Waals surface area contributed by atoms with Gasteiger partial charge in [0.05, 0.1) is 16.6 Å². The molecule has 3 N–H and O–H groups in total. The van der Waals surface area contributed by atoms with Crippen LogP contribution in [0.1, 0.15) is 36.5 Å². The summed E-state index contributed by atoms with van der Waals surface area (Å²) >= 11 is 3.50. The summed E-state index contributed by atoms with van der Waals surface area (Å²) in [7, 11) is 1.67. The number of fused-ring (bicyclic) bond motifs is 1. The fourth-order valence-corrected chi connectivity index (χ4v) is 4.95. The predicted octanol–water partition coefficient (Wildman–Crippen LogP) is 3.34. The third-order valence-electron chi connectivity index (χ3n) is 6.40. The summed E-state index contributed by atoms with van der Waals surface area (Å²) < 4.78 is 2.30. The van der Waals surface area contributed by atoms with Gasteiger partial charge in [-0.25, -0.2) is 19.6 Å². The van der Waals surface area contributed by atoms with Crippen molar-refractivity contribution in [2.75, 3.05) is 17.7 Å². The van der Waals surface area contributed by atoms with Crippen molar-refractivity contribution in [1.82, 2.24) is 35.0 Å². The Morgan fingerprint density at radius 3 is 2.78 bits per heavy atom. The molecule has 1 aromatic carbocycles. The molecule has 1 saturated carbocycles. The van der Waals surface area contributed by atoms with Crippen molar-refractivity contribution in [2.45, 2.75) is 32.2 Å². The Kier molecular flexibility index (Phi) is 6.35. The van der Waals surface area contributed by atoms with Crippen LogP contribution >= 0.6 is 15.9 Å². The maximum atomic E-state index is 12.5. The van der Waals surface area contributed by atoms with Gasteiger partial charge in [-0.15, -0.1) is 0 Å². The van der Waals surface area contributed by atoms with E-state index in [2.05, 4.69) is 51.9 Å². The number of benzene rings is 1. The van der Waals surface area contributed by atoms with E-state index in [1.165, 1.54) is 18.7 Å². The Balaban J connectivity index is 1.40. The fraction of sp³-hybridized carbons (Fsp3) is 0.292. The first-order valence-electron chi connectivity index (χ1n) is 11.4. The van der Waals surface area contributed by atoms with Gasteiger partial charge in [-0.3, -0.25) is 9.59 Å². The van der Waals surface area contributed by atoms with E-state index in [9.17, 15) is 9.59 Å². The molecule has 1 aliphatic carbocycles. The van der Waals surface area contributed by atoms with E-state index in [-0.39, 0.29) is 17.9 Å². The molecule has 0 aliphatic heterocycles. The molecular formula is C24H24BrN9O2. The van der Waals surface area contributed by atoms with Gasteiger partial charge in [0.25, 0.3) is 5.91 Å². The summed E-state index contributed by atoms with van der Waals surface area (Å²) in [6.45, 7) is 1.99. The number of anilines is 2. The van der Waals surface area contributed by atoms with Crippen molar-refractivity contribution in [3.05, 3.63) is 59.3 Å². The number of carbonyl (C=O) groups excluding carboxylic acids is 2. The summed E-state index contributed by atoms with van der Waals surface area (Å²) in [6, 6.07) is 7.39. The third kappa shape index (κ3) is 4.63. The van der Waals surface area contributed by atoms with Crippen molar-refractivity contribution in [1.29, 1.82) is 0 Å². The standard InChI is InChI=1S/C24H24BrN9O2/c1-24(22(36)26-2)7-6-16(9-24)31-23-29-12-18-19(25)33-34(20(18)32-23)17-5-3-4-15(8-17)30-21(35)14-10-27-13-28-11-14/h3-5,8,10-13,16H,6-7,9H2,1-2H3,(H,26,36)(H,30,35)(H,29,31,32)/t16-,24-/m1/s1. The molecule has 5 rings (SSSR count). The van der Waals surface area contributed by atoms with Crippen molar-refractivity contribution < 1.29 is 9.59 Å². The van der Waals surface area contributed by atoms with E-state index < -0.39 is 5.41 Å². The molecule has 0 spiro atoms. The fourth-order valence-electron chi connectivity index (χ4n) is 4.51. The molecule has 1 aliphatic rings. The lowest BCUT2D eigenvalue weighted by Gasteiger charge is -2.22. The monoisotopic (exact) mass is 549 g/mol.